The number of rotatable bonds is 2. The molecular weight excluding hydrogens is 258 g/mol. The van der Waals surface area contributed by atoms with E-state index in [1.165, 1.54) is 6.07 Å². The fraction of sp³-hybridized carbons (Fsp3) is 0.364. The molecule has 1 aliphatic carbocycles. The molecule has 18 heavy (non-hydrogen) atoms. The first-order valence-corrected chi connectivity index (χ1v) is 5.95. The summed E-state index contributed by atoms with van der Waals surface area (Å²) in [6.45, 7) is -0.0568. The normalized spacial score (nSPS) is 17.5. The molecule has 3 rings (SSSR count). The number of aromatic nitrogens is 1. The smallest absolute Gasteiger partial charge is 0.263 e. The lowest BCUT2D eigenvalue weighted by Crippen LogP contribution is -2.26. The van der Waals surface area contributed by atoms with Crippen molar-refractivity contribution in [1.29, 1.82) is 0 Å². The highest BCUT2D eigenvalue weighted by Crippen LogP contribution is 2.35. The molecule has 0 unspecified atom stereocenters. The average molecular weight is 268 g/mol. The number of pyridine rings is 1. The first-order chi connectivity index (χ1) is 8.63. The predicted molar refractivity (Wildman–Crippen MR) is 64.7 cm³/mol. The molecule has 1 aliphatic heterocycles. The van der Waals surface area contributed by atoms with Gasteiger partial charge in [-0.3, -0.25) is 9.59 Å². The van der Waals surface area contributed by atoms with Crippen LogP contribution in [0.2, 0.25) is 5.02 Å². The van der Waals surface area contributed by atoms with Gasteiger partial charge in [0.2, 0.25) is 5.91 Å². The molecule has 0 spiro atoms. The lowest BCUT2D eigenvalue weighted by molar-refractivity contribution is -0.119. The Morgan fingerprint density at radius 1 is 1.56 bits per heavy atom. The van der Waals surface area contributed by atoms with Gasteiger partial charge in [0.1, 0.15) is 0 Å². The van der Waals surface area contributed by atoms with Gasteiger partial charge in [0.15, 0.2) is 24.0 Å². The van der Waals surface area contributed by atoms with E-state index in [0.717, 1.165) is 12.8 Å². The number of nitrogens with one attached hydrogen (secondary N) is 2. The Hall–Kier alpha value is -1.82. The molecule has 0 saturated heterocycles. The maximum Gasteiger partial charge on any atom is 0.263 e. The summed E-state index contributed by atoms with van der Waals surface area (Å²) in [5.74, 6) is 0.623. The van der Waals surface area contributed by atoms with Gasteiger partial charge in [-0.2, -0.15) is 0 Å². The van der Waals surface area contributed by atoms with Crippen LogP contribution in [0.15, 0.2) is 6.07 Å². The topological polar surface area (TPSA) is 80.3 Å². The Balaban J connectivity index is 1.87. The van der Waals surface area contributed by atoms with Gasteiger partial charge in [-0.15, -0.1) is 0 Å². The van der Waals surface area contributed by atoms with Crippen LogP contribution in [0.3, 0.4) is 0 Å². The van der Waals surface area contributed by atoms with Gasteiger partial charge < -0.3 is 15.4 Å². The van der Waals surface area contributed by atoms with Crippen molar-refractivity contribution < 1.29 is 14.3 Å². The van der Waals surface area contributed by atoms with Crippen LogP contribution >= 0.6 is 11.6 Å². The molecule has 1 aromatic rings. The van der Waals surface area contributed by atoms with E-state index in [2.05, 4.69) is 15.6 Å². The van der Waals surface area contributed by atoms with Gasteiger partial charge in [-0.05, 0) is 12.8 Å². The maximum absolute atomic E-state index is 11.6. The van der Waals surface area contributed by atoms with Gasteiger partial charge >= 0.3 is 0 Å². The minimum Gasteiger partial charge on any atom is -0.480 e. The number of fused-ring (bicyclic) bond motifs is 1. The standard InChI is InChI=1S/C11H10ClN3O3/c12-6-3-7-10(13-8(16)4-18-7)14-9(6)15-11(17)5-1-2-5/h3,5H,1-2,4H2,(H2,13,14,15,16,17). The molecule has 0 aromatic carbocycles. The van der Waals surface area contributed by atoms with E-state index in [4.69, 9.17) is 16.3 Å². The summed E-state index contributed by atoms with van der Waals surface area (Å²) >= 11 is 6.00. The molecule has 7 heteroatoms. The van der Waals surface area contributed by atoms with Crippen molar-refractivity contribution in [3.8, 4) is 5.75 Å². The van der Waals surface area contributed by atoms with E-state index in [1.807, 2.05) is 0 Å². The number of nitrogens with zero attached hydrogens (tertiary/aromatic N) is 1. The molecule has 0 atom stereocenters. The number of ether oxygens (including phenoxy) is 1. The maximum atomic E-state index is 11.6. The van der Waals surface area contributed by atoms with E-state index >= 15 is 0 Å². The highest BCUT2D eigenvalue weighted by molar-refractivity contribution is 6.33. The van der Waals surface area contributed by atoms with Crippen LogP contribution in [0.5, 0.6) is 5.75 Å². The summed E-state index contributed by atoms with van der Waals surface area (Å²) in [5, 5.41) is 5.50. The molecule has 0 radical (unpaired) electrons. The fourth-order valence-electron chi connectivity index (χ4n) is 1.64. The Labute approximate surface area is 108 Å². The third-order valence-corrected chi connectivity index (χ3v) is 3.04. The monoisotopic (exact) mass is 267 g/mol. The second-order valence-corrected chi connectivity index (χ2v) is 4.67. The highest BCUT2D eigenvalue weighted by atomic mass is 35.5. The van der Waals surface area contributed by atoms with Crippen molar-refractivity contribution in [3.05, 3.63) is 11.1 Å². The third kappa shape index (κ3) is 2.11. The zero-order valence-corrected chi connectivity index (χ0v) is 10.1. The fourth-order valence-corrected chi connectivity index (χ4v) is 1.82. The number of carbonyl (C=O) groups is 2. The lowest BCUT2D eigenvalue weighted by atomic mass is 10.3. The molecule has 6 nitrogen and oxygen atoms in total. The molecule has 2 amide bonds. The van der Waals surface area contributed by atoms with Crippen molar-refractivity contribution in [3.63, 3.8) is 0 Å². The van der Waals surface area contributed by atoms with Crippen LogP contribution in [0.1, 0.15) is 12.8 Å². The van der Waals surface area contributed by atoms with Gasteiger partial charge in [0, 0.05) is 12.0 Å². The largest absolute Gasteiger partial charge is 0.480 e. The summed E-state index contributed by atoms with van der Waals surface area (Å²) in [6, 6.07) is 1.53. The Morgan fingerprint density at radius 3 is 3.06 bits per heavy atom. The zero-order valence-electron chi connectivity index (χ0n) is 9.33. The number of hydrogen-bond acceptors (Lipinski definition) is 4. The molecule has 1 saturated carbocycles. The van der Waals surface area contributed by atoms with Gasteiger partial charge in [-0.25, -0.2) is 4.98 Å². The first kappa shape index (κ1) is 11.3. The number of hydrogen-bond donors (Lipinski definition) is 2. The predicted octanol–water partition coefficient (Wildman–Crippen LogP) is 1.41. The molecule has 94 valence electrons. The highest BCUT2D eigenvalue weighted by Gasteiger charge is 2.30. The van der Waals surface area contributed by atoms with Crippen LogP contribution < -0.4 is 15.4 Å². The molecule has 0 bridgehead atoms. The van der Waals surface area contributed by atoms with Crippen molar-refractivity contribution in [2.45, 2.75) is 12.8 Å². The van der Waals surface area contributed by atoms with E-state index < -0.39 is 0 Å². The Kier molecular flexibility index (Phi) is 2.59. The molecule has 1 fully saturated rings. The Morgan fingerprint density at radius 2 is 2.33 bits per heavy atom. The molecule has 2 N–H and O–H groups in total. The van der Waals surface area contributed by atoms with Crippen molar-refractivity contribution in [2.24, 2.45) is 5.92 Å². The lowest BCUT2D eigenvalue weighted by Gasteiger charge is -2.18. The summed E-state index contributed by atoms with van der Waals surface area (Å²) in [6.07, 6.45) is 1.79. The third-order valence-electron chi connectivity index (χ3n) is 2.75. The van der Waals surface area contributed by atoms with Crippen molar-refractivity contribution in [1.82, 2.24) is 4.98 Å². The molecule has 2 heterocycles. The van der Waals surface area contributed by atoms with Crippen LogP contribution in [0.25, 0.3) is 0 Å². The van der Waals surface area contributed by atoms with Crippen LogP contribution in [-0.2, 0) is 9.59 Å². The number of anilines is 2. The first-order valence-electron chi connectivity index (χ1n) is 5.57. The Bertz CT molecular complexity index is 543. The minimum atomic E-state index is -0.281. The van der Waals surface area contributed by atoms with Crippen LogP contribution in [-0.4, -0.2) is 23.4 Å². The van der Waals surface area contributed by atoms with Crippen LogP contribution in [0.4, 0.5) is 11.6 Å². The second kappa shape index (κ2) is 4.13. The summed E-state index contributed by atoms with van der Waals surface area (Å²) in [5.41, 5.74) is 0. The quantitative estimate of drug-likeness (QED) is 0.849. The van der Waals surface area contributed by atoms with Crippen molar-refractivity contribution in [2.75, 3.05) is 17.2 Å². The zero-order chi connectivity index (χ0) is 12.7. The molecular formula is C11H10ClN3O3. The molecule has 1 aromatic heterocycles. The summed E-state index contributed by atoms with van der Waals surface area (Å²) in [4.78, 5) is 26.9. The minimum absolute atomic E-state index is 0.0568. The summed E-state index contributed by atoms with van der Waals surface area (Å²) in [7, 11) is 0. The SMILES string of the molecule is O=C1COc2cc(Cl)c(NC(=O)C3CC3)nc2N1. The molecule has 2 aliphatic rings. The van der Waals surface area contributed by atoms with Gasteiger partial charge in [0.05, 0.1) is 5.02 Å². The van der Waals surface area contributed by atoms with Crippen molar-refractivity contribution >= 4 is 35.1 Å². The van der Waals surface area contributed by atoms with Gasteiger partial charge in [-0.1, -0.05) is 11.6 Å². The number of amides is 2. The van der Waals surface area contributed by atoms with E-state index in [0.29, 0.717) is 10.8 Å². The number of carbonyl (C=O) groups excluding carboxylic acids is 2. The van der Waals surface area contributed by atoms with Gasteiger partial charge in [0.25, 0.3) is 5.91 Å². The van der Waals surface area contributed by atoms with E-state index in [1.54, 1.807) is 0 Å². The second-order valence-electron chi connectivity index (χ2n) is 4.27. The number of halogens is 1. The summed E-state index contributed by atoms with van der Waals surface area (Å²) < 4.78 is 5.16. The van der Waals surface area contributed by atoms with Crippen LogP contribution in [0, 0.1) is 5.92 Å². The average Bonchev–Trinajstić information content (AvgIpc) is 3.14. The van der Waals surface area contributed by atoms with E-state index in [-0.39, 0.29) is 36.0 Å². The van der Waals surface area contributed by atoms with E-state index in [9.17, 15) is 9.59 Å².